The number of rotatable bonds is 6. The Labute approximate surface area is 168 Å². The van der Waals surface area contributed by atoms with Gasteiger partial charge in [0.2, 0.25) is 11.8 Å². The van der Waals surface area contributed by atoms with E-state index in [1.54, 1.807) is 35.0 Å². The molecule has 1 saturated heterocycles. The Morgan fingerprint density at radius 1 is 1.14 bits per heavy atom. The number of nitrogens with one attached hydrogen (secondary N) is 1. The standard InChI is InChI=1S/C22H22N4O3/c1-29-19-10-6-5-9-18(19)25-15-17(13-21(25)27)22(28)24-20-11-12-23-26(20)14-16-7-3-2-4-8-16/h2-12,17H,13-15H2,1H3,(H,24,28). The third-order valence-electron chi connectivity index (χ3n) is 5.01. The van der Waals surface area contributed by atoms with Crippen molar-refractivity contribution >= 4 is 23.3 Å². The minimum atomic E-state index is -0.438. The number of hydrogen-bond acceptors (Lipinski definition) is 4. The lowest BCUT2D eigenvalue weighted by atomic mass is 10.1. The molecule has 0 bridgehead atoms. The molecule has 1 N–H and O–H groups in total. The van der Waals surface area contributed by atoms with Gasteiger partial charge in [-0.05, 0) is 17.7 Å². The number of benzene rings is 2. The first-order chi connectivity index (χ1) is 14.2. The van der Waals surface area contributed by atoms with Crippen LogP contribution in [0.1, 0.15) is 12.0 Å². The highest BCUT2D eigenvalue weighted by molar-refractivity contribution is 6.04. The summed E-state index contributed by atoms with van der Waals surface area (Å²) in [5.41, 5.74) is 1.77. The van der Waals surface area contributed by atoms with Crippen molar-refractivity contribution in [2.45, 2.75) is 13.0 Å². The molecule has 1 aliphatic rings. The molecule has 4 rings (SSSR count). The van der Waals surface area contributed by atoms with Crippen LogP contribution in [-0.2, 0) is 16.1 Å². The smallest absolute Gasteiger partial charge is 0.230 e. The fraction of sp³-hybridized carbons (Fsp3) is 0.227. The molecule has 7 heteroatoms. The number of carbonyl (C=O) groups is 2. The van der Waals surface area contributed by atoms with Crippen LogP contribution in [0.15, 0.2) is 66.9 Å². The van der Waals surface area contributed by atoms with Gasteiger partial charge in [-0.2, -0.15) is 5.10 Å². The Kier molecular flexibility index (Phi) is 5.29. The Morgan fingerprint density at radius 3 is 2.69 bits per heavy atom. The lowest BCUT2D eigenvalue weighted by Crippen LogP contribution is -2.29. The molecule has 29 heavy (non-hydrogen) atoms. The normalized spacial score (nSPS) is 16.1. The summed E-state index contributed by atoms with van der Waals surface area (Å²) in [5.74, 6) is 0.510. The van der Waals surface area contributed by atoms with Crippen LogP contribution in [0.5, 0.6) is 5.75 Å². The zero-order valence-corrected chi connectivity index (χ0v) is 16.1. The van der Waals surface area contributed by atoms with Gasteiger partial charge in [0, 0.05) is 19.0 Å². The van der Waals surface area contributed by atoms with Gasteiger partial charge in [0.1, 0.15) is 11.6 Å². The van der Waals surface area contributed by atoms with Crippen LogP contribution in [0, 0.1) is 5.92 Å². The number of aromatic nitrogens is 2. The molecule has 2 aromatic carbocycles. The number of anilines is 2. The number of amides is 2. The van der Waals surface area contributed by atoms with Crippen molar-refractivity contribution in [3.05, 3.63) is 72.4 Å². The number of methoxy groups -OCH3 is 1. The summed E-state index contributed by atoms with van der Waals surface area (Å²) in [7, 11) is 1.57. The SMILES string of the molecule is COc1ccccc1N1CC(C(=O)Nc2ccnn2Cc2ccccc2)CC1=O. The van der Waals surface area contributed by atoms with Gasteiger partial charge in [-0.15, -0.1) is 0 Å². The first kappa shape index (κ1) is 18.7. The molecule has 2 heterocycles. The number of nitrogens with zero attached hydrogens (tertiary/aromatic N) is 3. The maximum Gasteiger partial charge on any atom is 0.230 e. The molecular weight excluding hydrogens is 368 g/mol. The van der Waals surface area contributed by atoms with Gasteiger partial charge in [0.15, 0.2) is 0 Å². The second-order valence-electron chi connectivity index (χ2n) is 6.93. The minimum absolute atomic E-state index is 0.0903. The van der Waals surface area contributed by atoms with Crippen molar-refractivity contribution in [3.8, 4) is 5.75 Å². The predicted octanol–water partition coefficient (Wildman–Crippen LogP) is 2.93. The molecule has 2 amide bonds. The van der Waals surface area contributed by atoms with E-state index in [1.165, 1.54) is 0 Å². The minimum Gasteiger partial charge on any atom is -0.495 e. The third kappa shape index (κ3) is 3.99. The third-order valence-corrected chi connectivity index (χ3v) is 5.01. The monoisotopic (exact) mass is 390 g/mol. The Bertz CT molecular complexity index is 1020. The van der Waals surface area contributed by atoms with E-state index in [0.717, 1.165) is 5.56 Å². The molecule has 1 fully saturated rings. The van der Waals surface area contributed by atoms with Crippen molar-refractivity contribution in [2.24, 2.45) is 5.92 Å². The highest BCUT2D eigenvalue weighted by Crippen LogP contribution is 2.33. The lowest BCUT2D eigenvalue weighted by molar-refractivity contribution is -0.122. The quantitative estimate of drug-likeness (QED) is 0.702. The van der Waals surface area contributed by atoms with Crippen LogP contribution >= 0.6 is 0 Å². The van der Waals surface area contributed by atoms with Crippen molar-refractivity contribution in [3.63, 3.8) is 0 Å². The summed E-state index contributed by atoms with van der Waals surface area (Å²) in [5, 5.41) is 7.22. The van der Waals surface area contributed by atoms with E-state index in [4.69, 9.17) is 4.74 Å². The molecular formula is C22H22N4O3. The van der Waals surface area contributed by atoms with E-state index in [2.05, 4.69) is 10.4 Å². The first-order valence-electron chi connectivity index (χ1n) is 9.45. The van der Waals surface area contributed by atoms with E-state index in [9.17, 15) is 9.59 Å². The zero-order chi connectivity index (χ0) is 20.2. The van der Waals surface area contributed by atoms with Gasteiger partial charge >= 0.3 is 0 Å². The van der Waals surface area contributed by atoms with Crippen molar-refractivity contribution in [1.29, 1.82) is 0 Å². The van der Waals surface area contributed by atoms with Gasteiger partial charge < -0.3 is 15.0 Å². The maximum absolute atomic E-state index is 12.8. The molecule has 0 saturated carbocycles. The Morgan fingerprint density at radius 2 is 1.90 bits per heavy atom. The lowest BCUT2D eigenvalue weighted by Gasteiger charge is -2.19. The van der Waals surface area contributed by atoms with E-state index in [1.807, 2.05) is 48.5 Å². The maximum atomic E-state index is 12.8. The van der Waals surface area contributed by atoms with E-state index in [0.29, 0.717) is 30.3 Å². The second-order valence-corrected chi connectivity index (χ2v) is 6.93. The summed E-state index contributed by atoms with van der Waals surface area (Å²) in [6.07, 6.45) is 1.82. The number of ether oxygens (including phenoxy) is 1. The average Bonchev–Trinajstić information content (AvgIpc) is 3.35. The molecule has 1 unspecified atom stereocenters. The number of hydrogen-bond donors (Lipinski definition) is 1. The number of para-hydroxylation sites is 2. The van der Waals surface area contributed by atoms with Crippen molar-refractivity contribution < 1.29 is 14.3 Å². The fourth-order valence-corrected chi connectivity index (χ4v) is 3.52. The van der Waals surface area contributed by atoms with Gasteiger partial charge in [-0.3, -0.25) is 9.59 Å². The molecule has 1 aliphatic heterocycles. The Balaban J connectivity index is 1.45. The van der Waals surface area contributed by atoms with E-state index >= 15 is 0 Å². The van der Waals surface area contributed by atoms with Crippen LogP contribution < -0.4 is 15.0 Å². The zero-order valence-electron chi connectivity index (χ0n) is 16.1. The van der Waals surface area contributed by atoms with Crippen LogP contribution in [0.4, 0.5) is 11.5 Å². The topological polar surface area (TPSA) is 76.5 Å². The van der Waals surface area contributed by atoms with Crippen molar-refractivity contribution in [2.75, 3.05) is 23.9 Å². The number of carbonyl (C=O) groups excluding carboxylic acids is 2. The van der Waals surface area contributed by atoms with Crippen molar-refractivity contribution in [1.82, 2.24) is 9.78 Å². The molecule has 7 nitrogen and oxygen atoms in total. The van der Waals surface area contributed by atoms with Crippen LogP contribution in [-0.4, -0.2) is 35.2 Å². The van der Waals surface area contributed by atoms with Gasteiger partial charge in [-0.1, -0.05) is 42.5 Å². The fourth-order valence-electron chi connectivity index (χ4n) is 3.52. The van der Waals surface area contributed by atoms with Crippen LogP contribution in [0.25, 0.3) is 0 Å². The predicted molar refractivity (Wildman–Crippen MR) is 110 cm³/mol. The van der Waals surface area contributed by atoms with Gasteiger partial charge in [0.25, 0.3) is 0 Å². The molecule has 0 radical (unpaired) electrons. The van der Waals surface area contributed by atoms with Gasteiger partial charge in [-0.25, -0.2) is 4.68 Å². The summed E-state index contributed by atoms with van der Waals surface area (Å²) < 4.78 is 7.09. The van der Waals surface area contributed by atoms with Crippen LogP contribution in [0.2, 0.25) is 0 Å². The molecule has 1 atom stereocenters. The Hall–Kier alpha value is -3.61. The average molecular weight is 390 g/mol. The highest BCUT2D eigenvalue weighted by Gasteiger charge is 2.36. The summed E-state index contributed by atoms with van der Waals surface area (Å²) in [6.45, 7) is 0.873. The van der Waals surface area contributed by atoms with Crippen LogP contribution in [0.3, 0.4) is 0 Å². The molecule has 148 valence electrons. The molecule has 0 spiro atoms. The van der Waals surface area contributed by atoms with E-state index in [-0.39, 0.29) is 18.2 Å². The summed E-state index contributed by atoms with van der Waals surface area (Å²) in [4.78, 5) is 27.0. The summed E-state index contributed by atoms with van der Waals surface area (Å²) >= 11 is 0. The largest absolute Gasteiger partial charge is 0.495 e. The van der Waals surface area contributed by atoms with E-state index < -0.39 is 5.92 Å². The summed E-state index contributed by atoms with van der Waals surface area (Å²) in [6, 6.07) is 19.0. The molecule has 3 aromatic rings. The highest BCUT2D eigenvalue weighted by atomic mass is 16.5. The second kappa shape index (κ2) is 8.18. The first-order valence-corrected chi connectivity index (χ1v) is 9.45. The van der Waals surface area contributed by atoms with Gasteiger partial charge in [0.05, 0.1) is 31.5 Å². The molecule has 0 aliphatic carbocycles. The molecule has 1 aromatic heterocycles.